The normalized spacial score (nSPS) is 11.2. The first-order valence-electron chi connectivity index (χ1n) is 10.6. The number of carbonyl (C=O) groups excluding carboxylic acids is 1. The number of ether oxygens (including phenoxy) is 2. The van der Waals surface area contributed by atoms with Crippen molar-refractivity contribution in [2.45, 2.75) is 46.5 Å². The number of H-pyrrole nitrogens is 1. The number of benzene rings is 1. The minimum Gasteiger partial charge on any atom is -0.493 e. The van der Waals surface area contributed by atoms with Gasteiger partial charge in [0.25, 0.3) is 5.56 Å². The summed E-state index contributed by atoms with van der Waals surface area (Å²) in [5, 5.41) is 10.2. The maximum Gasteiger partial charge on any atom is 0.324 e. The highest BCUT2D eigenvalue weighted by molar-refractivity contribution is 5.99. The second-order valence-electron chi connectivity index (χ2n) is 8.53. The van der Waals surface area contributed by atoms with Crippen molar-refractivity contribution in [3.63, 3.8) is 0 Å². The van der Waals surface area contributed by atoms with E-state index in [4.69, 9.17) is 9.47 Å². The number of nitrogens with zero attached hydrogens (tertiary/aromatic N) is 3. The summed E-state index contributed by atoms with van der Waals surface area (Å²) in [6, 6.07) is 6.32. The molecule has 0 fully saturated rings. The molecule has 10 heteroatoms. The van der Waals surface area contributed by atoms with Gasteiger partial charge in [-0.25, -0.2) is 9.78 Å². The van der Waals surface area contributed by atoms with Gasteiger partial charge >= 0.3 is 6.03 Å². The molecule has 2 heterocycles. The number of anilines is 2. The quantitative estimate of drug-likeness (QED) is 0.521. The summed E-state index contributed by atoms with van der Waals surface area (Å²) >= 11 is 0. The Kier molecular flexibility index (Phi) is 6.75. The van der Waals surface area contributed by atoms with Crippen molar-refractivity contribution in [2.75, 3.05) is 24.9 Å². The Morgan fingerprint density at radius 1 is 1.12 bits per heavy atom. The third-order valence-electron chi connectivity index (χ3n) is 5.12. The van der Waals surface area contributed by atoms with Gasteiger partial charge in [0.1, 0.15) is 5.82 Å². The molecule has 0 aliphatic heterocycles. The predicted octanol–water partition coefficient (Wildman–Crippen LogP) is 3.79. The molecule has 0 aliphatic carbocycles. The van der Waals surface area contributed by atoms with Crippen molar-refractivity contribution in [1.29, 1.82) is 0 Å². The van der Waals surface area contributed by atoms with Crippen LogP contribution in [0.4, 0.5) is 16.3 Å². The van der Waals surface area contributed by atoms with Crippen LogP contribution in [0.2, 0.25) is 0 Å². The fourth-order valence-corrected chi connectivity index (χ4v) is 3.30. The molecule has 0 radical (unpaired) electrons. The molecule has 2 aromatic heterocycles. The molecular weight excluding hydrogens is 424 g/mol. The highest BCUT2D eigenvalue weighted by Crippen LogP contribution is 2.30. The largest absolute Gasteiger partial charge is 0.493 e. The Balaban J connectivity index is 1.95. The molecule has 3 N–H and O–H groups in total. The third-order valence-corrected chi connectivity index (χ3v) is 5.12. The van der Waals surface area contributed by atoms with Crippen molar-refractivity contribution < 1.29 is 14.3 Å². The molecule has 0 saturated heterocycles. The van der Waals surface area contributed by atoms with E-state index in [0.29, 0.717) is 40.7 Å². The van der Waals surface area contributed by atoms with Gasteiger partial charge in [0.05, 0.1) is 19.9 Å². The molecular formula is C23H30N6O4. The van der Waals surface area contributed by atoms with E-state index < -0.39 is 6.03 Å². The highest BCUT2D eigenvalue weighted by Gasteiger charge is 2.23. The van der Waals surface area contributed by atoms with Crippen LogP contribution in [-0.2, 0) is 11.8 Å². The van der Waals surface area contributed by atoms with Crippen molar-refractivity contribution in [3.8, 4) is 17.4 Å². The SMILES string of the molecule is CCc1c(C)nc(-n2nc(C(C)(C)C)cc2NC(=O)Nc2ccc(OC)c(OC)c2)[nH]c1=O. The van der Waals surface area contributed by atoms with Crippen LogP contribution in [0.25, 0.3) is 5.95 Å². The van der Waals surface area contributed by atoms with Gasteiger partial charge in [-0.2, -0.15) is 9.78 Å². The van der Waals surface area contributed by atoms with Crippen LogP contribution >= 0.6 is 0 Å². The number of carbonyl (C=O) groups is 1. The lowest BCUT2D eigenvalue weighted by Gasteiger charge is -2.14. The average molecular weight is 455 g/mol. The Bertz CT molecular complexity index is 1220. The lowest BCUT2D eigenvalue weighted by Crippen LogP contribution is -2.24. The Morgan fingerprint density at radius 3 is 2.39 bits per heavy atom. The van der Waals surface area contributed by atoms with Crippen molar-refractivity contribution >= 4 is 17.5 Å². The van der Waals surface area contributed by atoms with Crippen molar-refractivity contribution in [3.05, 3.63) is 51.6 Å². The molecule has 2 amide bonds. The lowest BCUT2D eigenvalue weighted by atomic mass is 9.92. The van der Waals surface area contributed by atoms with Crippen LogP contribution in [0.1, 0.15) is 44.6 Å². The van der Waals surface area contributed by atoms with Crippen LogP contribution in [0.15, 0.2) is 29.1 Å². The molecule has 3 aromatic rings. The van der Waals surface area contributed by atoms with E-state index in [0.717, 1.165) is 5.69 Å². The number of methoxy groups -OCH3 is 2. The van der Waals surface area contributed by atoms with Gasteiger partial charge in [0.15, 0.2) is 11.5 Å². The molecule has 0 bridgehead atoms. The van der Waals surface area contributed by atoms with E-state index in [9.17, 15) is 9.59 Å². The molecule has 0 saturated carbocycles. The topological polar surface area (TPSA) is 123 Å². The molecule has 0 unspecified atom stereocenters. The van der Waals surface area contributed by atoms with E-state index in [-0.39, 0.29) is 16.9 Å². The molecule has 3 rings (SSSR count). The Labute approximate surface area is 192 Å². The van der Waals surface area contributed by atoms with Gasteiger partial charge in [0.2, 0.25) is 5.95 Å². The van der Waals surface area contributed by atoms with E-state index >= 15 is 0 Å². The van der Waals surface area contributed by atoms with Gasteiger partial charge in [-0.05, 0) is 25.5 Å². The minimum absolute atomic E-state index is 0.228. The van der Waals surface area contributed by atoms with Crippen molar-refractivity contribution in [2.24, 2.45) is 0 Å². The number of nitrogens with one attached hydrogen (secondary N) is 3. The number of urea groups is 1. The van der Waals surface area contributed by atoms with Gasteiger partial charge in [0, 0.05) is 34.5 Å². The predicted molar refractivity (Wildman–Crippen MR) is 127 cm³/mol. The summed E-state index contributed by atoms with van der Waals surface area (Å²) < 4.78 is 11.9. The first kappa shape index (κ1) is 23.8. The van der Waals surface area contributed by atoms with Crippen LogP contribution in [0.5, 0.6) is 11.5 Å². The van der Waals surface area contributed by atoms with Crippen LogP contribution in [-0.4, -0.2) is 40.0 Å². The van der Waals surface area contributed by atoms with Crippen LogP contribution < -0.4 is 25.7 Å². The van der Waals surface area contributed by atoms with E-state index in [1.807, 2.05) is 27.7 Å². The zero-order valence-electron chi connectivity index (χ0n) is 20.0. The second kappa shape index (κ2) is 9.35. The lowest BCUT2D eigenvalue weighted by molar-refractivity contribution is 0.262. The van der Waals surface area contributed by atoms with Gasteiger partial charge in [-0.15, -0.1) is 0 Å². The molecule has 176 valence electrons. The number of aryl methyl sites for hydroxylation is 1. The first-order chi connectivity index (χ1) is 15.6. The summed E-state index contributed by atoms with van der Waals surface area (Å²) in [5.74, 6) is 1.64. The number of aromatic nitrogens is 4. The molecule has 0 aliphatic rings. The maximum absolute atomic E-state index is 12.8. The van der Waals surface area contributed by atoms with Crippen LogP contribution in [0, 0.1) is 6.92 Å². The molecule has 33 heavy (non-hydrogen) atoms. The third kappa shape index (κ3) is 5.16. The molecule has 1 aromatic carbocycles. The molecule has 10 nitrogen and oxygen atoms in total. The zero-order chi connectivity index (χ0) is 24.3. The zero-order valence-corrected chi connectivity index (χ0v) is 20.0. The minimum atomic E-state index is -0.493. The van der Waals surface area contributed by atoms with E-state index in [1.54, 1.807) is 38.3 Å². The number of hydrogen-bond donors (Lipinski definition) is 3. The highest BCUT2D eigenvalue weighted by atomic mass is 16.5. The second-order valence-corrected chi connectivity index (χ2v) is 8.53. The number of aromatic amines is 1. The van der Waals surface area contributed by atoms with E-state index in [1.165, 1.54) is 11.8 Å². The Morgan fingerprint density at radius 2 is 1.82 bits per heavy atom. The summed E-state index contributed by atoms with van der Waals surface area (Å²) in [4.78, 5) is 32.6. The summed E-state index contributed by atoms with van der Waals surface area (Å²) in [6.45, 7) is 9.71. The summed E-state index contributed by atoms with van der Waals surface area (Å²) in [5.41, 5.74) is 1.95. The fourth-order valence-electron chi connectivity index (χ4n) is 3.30. The number of rotatable bonds is 6. The van der Waals surface area contributed by atoms with Crippen LogP contribution in [0.3, 0.4) is 0 Å². The summed E-state index contributed by atoms with van der Waals surface area (Å²) in [7, 11) is 3.06. The van der Waals surface area contributed by atoms with E-state index in [2.05, 4.69) is 25.7 Å². The van der Waals surface area contributed by atoms with Crippen molar-refractivity contribution in [1.82, 2.24) is 19.7 Å². The molecule has 0 spiro atoms. The number of amides is 2. The number of hydrogen-bond acceptors (Lipinski definition) is 6. The Hall–Kier alpha value is -3.82. The molecule has 0 atom stereocenters. The van der Waals surface area contributed by atoms with Gasteiger partial charge in [-0.1, -0.05) is 27.7 Å². The average Bonchev–Trinajstić information content (AvgIpc) is 3.17. The monoisotopic (exact) mass is 454 g/mol. The smallest absolute Gasteiger partial charge is 0.324 e. The van der Waals surface area contributed by atoms with Gasteiger partial charge < -0.3 is 14.8 Å². The summed E-state index contributed by atoms with van der Waals surface area (Å²) in [6.07, 6.45) is 0.569. The standard InChI is InChI=1S/C23H30N6O4/c1-8-15-13(2)24-21(27-20(15)30)29-19(12-18(28-29)23(3,4)5)26-22(31)25-14-9-10-16(32-6)17(11-14)33-7/h9-12H,8H2,1-7H3,(H,24,27,30)(H2,25,26,31). The first-order valence-corrected chi connectivity index (χ1v) is 10.6. The van der Waals surface area contributed by atoms with Gasteiger partial charge in [-0.3, -0.25) is 15.1 Å². The fraction of sp³-hybridized carbons (Fsp3) is 0.391. The maximum atomic E-state index is 12.8.